The second kappa shape index (κ2) is 6.60. The molecule has 0 aromatic rings. The monoisotopic (exact) mass is 236 g/mol. The molecule has 72 valence electrons. The maximum absolute atomic E-state index is 9.38. The minimum atomic E-state index is -0.313. The lowest BCUT2D eigenvalue weighted by Gasteiger charge is -2.16. The first kappa shape index (κ1) is 12.1. The van der Waals surface area contributed by atoms with Crippen molar-refractivity contribution >= 4 is 15.9 Å². The van der Waals surface area contributed by atoms with Gasteiger partial charge in [-0.25, -0.2) is 0 Å². The summed E-state index contributed by atoms with van der Waals surface area (Å²) >= 11 is 3.23. The number of aliphatic hydroxyl groups excluding tert-OH is 1. The molecule has 1 unspecified atom stereocenters. The molecule has 1 atom stereocenters. The molecule has 0 aliphatic carbocycles. The van der Waals surface area contributed by atoms with Gasteiger partial charge < -0.3 is 15.3 Å². The molecule has 2 N–H and O–H groups in total. The lowest BCUT2D eigenvalue weighted by Crippen LogP contribution is -2.35. The van der Waals surface area contributed by atoms with Gasteiger partial charge in [-0.15, -0.1) is 0 Å². The number of nitrogens with zero attached hydrogens (tertiary/aromatic N) is 1. The van der Waals surface area contributed by atoms with Crippen molar-refractivity contribution in [1.82, 2.24) is 10.2 Å². The fourth-order valence-electron chi connectivity index (χ4n) is 0.860. The third kappa shape index (κ3) is 8.20. The summed E-state index contributed by atoms with van der Waals surface area (Å²) in [5, 5.41) is 12.5. The number of rotatable bonds is 6. The molecule has 0 aromatic carbocycles. The minimum absolute atomic E-state index is 0.313. The third-order valence-electron chi connectivity index (χ3n) is 1.27. The second-order valence-corrected chi connectivity index (χ2v) is 4.19. The first-order valence-corrected chi connectivity index (χ1v) is 4.68. The van der Waals surface area contributed by atoms with Gasteiger partial charge in [0.05, 0.1) is 6.10 Å². The van der Waals surface area contributed by atoms with E-state index in [9.17, 15) is 5.11 Å². The molecule has 0 aliphatic heterocycles. The van der Waals surface area contributed by atoms with Crippen LogP contribution in [0.1, 0.15) is 0 Å². The van der Waals surface area contributed by atoms with Crippen LogP contribution in [0.2, 0.25) is 0 Å². The van der Waals surface area contributed by atoms with E-state index in [4.69, 9.17) is 0 Å². The smallest absolute Gasteiger partial charge is 0.0791 e. The van der Waals surface area contributed by atoms with E-state index >= 15 is 0 Å². The van der Waals surface area contributed by atoms with Gasteiger partial charge in [-0.3, -0.25) is 0 Å². The molecule has 4 heteroatoms. The van der Waals surface area contributed by atoms with Crippen LogP contribution < -0.4 is 5.32 Å². The van der Waals surface area contributed by atoms with Gasteiger partial charge in [0.15, 0.2) is 0 Å². The van der Waals surface area contributed by atoms with Crippen molar-refractivity contribution < 1.29 is 5.11 Å². The molecular weight excluding hydrogens is 220 g/mol. The average molecular weight is 237 g/mol. The van der Waals surface area contributed by atoms with Gasteiger partial charge in [-0.2, -0.15) is 0 Å². The van der Waals surface area contributed by atoms with Crippen LogP contribution in [-0.2, 0) is 0 Å². The van der Waals surface area contributed by atoms with Gasteiger partial charge in [-0.1, -0.05) is 22.5 Å². The summed E-state index contributed by atoms with van der Waals surface area (Å²) in [5.41, 5.74) is 0. The molecule has 0 saturated carbocycles. The largest absolute Gasteiger partial charge is 0.390 e. The zero-order valence-electron chi connectivity index (χ0n) is 7.68. The molecule has 3 nitrogen and oxygen atoms in total. The van der Waals surface area contributed by atoms with Crippen molar-refractivity contribution in [2.24, 2.45) is 0 Å². The molecule has 0 saturated heterocycles. The molecule has 12 heavy (non-hydrogen) atoms. The summed E-state index contributed by atoms with van der Waals surface area (Å²) in [6, 6.07) is 0. The lowest BCUT2D eigenvalue weighted by atomic mass is 10.3. The Morgan fingerprint density at radius 1 is 1.67 bits per heavy atom. The maximum Gasteiger partial charge on any atom is 0.0791 e. The van der Waals surface area contributed by atoms with Crippen LogP contribution in [-0.4, -0.2) is 49.8 Å². The summed E-state index contributed by atoms with van der Waals surface area (Å²) in [4.78, 5) is 1.95. The van der Waals surface area contributed by atoms with Gasteiger partial charge in [0.1, 0.15) is 0 Å². The van der Waals surface area contributed by atoms with Crippen LogP contribution in [0, 0.1) is 0 Å². The van der Waals surface area contributed by atoms with E-state index in [1.165, 1.54) is 0 Å². The third-order valence-corrected chi connectivity index (χ3v) is 1.55. The van der Waals surface area contributed by atoms with Crippen molar-refractivity contribution in [1.29, 1.82) is 0 Å². The molecule has 0 radical (unpaired) electrons. The highest BCUT2D eigenvalue weighted by Gasteiger charge is 2.03. The Balaban J connectivity index is 3.31. The molecule has 0 amide bonds. The number of halogens is 1. The van der Waals surface area contributed by atoms with E-state index in [-0.39, 0.29) is 6.10 Å². The van der Waals surface area contributed by atoms with Gasteiger partial charge in [0.2, 0.25) is 0 Å². The number of hydrogen-bond donors (Lipinski definition) is 2. The van der Waals surface area contributed by atoms with E-state index in [0.717, 1.165) is 4.48 Å². The first-order chi connectivity index (χ1) is 5.52. The maximum atomic E-state index is 9.38. The van der Waals surface area contributed by atoms with Gasteiger partial charge >= 0.3 is 0 Å². The van der Waals surface area contributed by atoms with Crippen molar-refractivity contribution in [3.05, 3.63) is 11.1 Å². The molecule has 0 fully saturated rings. The van der Waals surface area contributed by atoms with Gasteiger partial charge in [0, 0.05) is 24.1 Å². The highest BCUT2D eigenvalue weighted by atomic mass is 79.9. The van der Waals surface area contributed by atoms with Crippen molar-refractivity contribution in [2.75, 3.05) is 33.7 Å². The summed E-state index contributed by atoms with van der Waals surface area (Å²) < 4.78 is 0.902. The van der Waals surface area contributed by atoms with Crippen LogP contribution in [0.15, 0.2) is 11.1 Å². The quantitative estimate of drug-likeness (QED) is 0.702. The average Bonchev–Trinajstić information content (AvgIpc) is 1.84. The van der Waals surface area contributed by atoms with Crippen LogP contribution >= 0.6 is 15.9 Å². The molecule has 0 rings (SSSR count). The summed E-state index contributed by atoms with van der Waals surface area (Å²) in [6.07, 6.45) is -0.313. The number of aliphatic hydroxyl groups is 1. The van der Waals surface area contributed by atoms with Crippen LogP contribution in [0.4, 0.5) is 0 Å². The Bertz CT molecular complexity index is 139. The van der Waals surface area contributed by atoms with E-state index < -0.39 is 0 Å². The number of likely N-dealkylation sites (N-methyl/N-ethyl adjacent to an activating group) is 1. The molecule has 0 aliphatic rings. The van der Waals surface area contributed by atoms with Crippen LogP contribution in [0.5, 0.6) is 0 Å². The Morgan fingerprint density at radius 3 is 2.67 bits per heavy atom. The SMILES string of the molecule is C=C(Br)CNCC(O)CN(C)C. The van der Waals surface area contributed by atoms with E-state index in [0.29, 0.717) is 19.6 Å². The van der Waals surface area contributed by atoms with Crippen LogP contribution in [0.3, 0.4) is 0 Å². The summed E-state index contributed by atoms with van der Waals surface area (Å²) in [6.45, 7) is 5.66. The zero-order valence-corrected chi connectivity index (χ0v) is 9.26. The Labute approximate surface area is 82.6 Å². The Hall–Kier alpha value is 0.1000. The lowest BCUT2D eigenvalue weighted by molar-refractivity contribution is 0.136. The predicted octanol–water partition coefficient (Wildman–Crippen LogP) is 0.407. The fraction of sp³-hybridized carbons (Fsp3) is 0.750. The van der Waals surface area contributed by atoms with Crippen LogP contribution in [0.25, 0.3) is 0 Å². The summed E-state index contributed by atoms with van der Waals surface area (Å²) in [5.74, 6) is 0. The Kier molecular flexibility index (Phi) is 6.65. The molecule has 0 bridgehead atoms. The molecule has 0 aromatic heterocycles. The minimum Gasteiger partial charge on any atom is -0.390 e. The second-order valence-electron chi connectivity index (χ2n) is 3.06. The van der Waals surface area contributed by atoms with E-state index in [1.54, 1.807) is 0 Å². The number of hydrogen-bond acceptors (Lipinski definition) is 3. The Morgan fingerprint density at radius 2 is 2.25 bits per heavy atom. The van der Waals surface area contributed by atoms with Crippen molar-refractivity contribution in [2.45, 2.75) is 6.10 Å². The first-order valence-electron chi connectivity index (χ1n) is 3.89. The van der Waals surface area contributed by atoms with E-state index in [2.05, 4.69) is 27.8 Å². The normalized spacial score (nSPS) is 13.4. The van der Waals surface area contributed by atoms with Gasteiger partial charge in [-0.05, 0) is 14.1 Å². The molecular formula is C8H17BrN2O. The topological polar surface area (TPSA) is 35.5 Å². The predicted molar refractivity (Wildman–Crippen MR) is 55.5 cm³/mol. The van der Waals surface area contributed by atoms with Gasteiger partial charge in [0.25, 0.3) is 0 Å². The molecule has 0 heterocycles. The zero-order chi connectivity index (χ0) is 9.56. The summed E-state index contributed by atoms with van der Waals surface area (Å²) in [7, 11) is 3.87. The highest BCUT2D eigenvalue weighted by Crippen LogP contribution is 1.96. The molecule has 0 spiro atoms. The van der Waals surface area contributed by atoms with Crippen molar-refractivity contribution in [3.63, 3.8) is 0 Å². The standard InChI is InChI=1S/C8H17BrN2O/c1-7(9)4-10-5-8(12)6-11(2)3/h8,10,12H,1,4-6H2,2-3H3. The fourth-order valence-corrected chi connectivity index (χ4v) is 1.06. The van der Waals surface area contributed by atoms with E-state index in [1.807, 2.05) is 19.0 Å². The highest BCUT2D eigenvalue weighted by molar-refractivity contribution is 9.11. The van der Waals surface area contributed by atoms with Crippen molar-refractivity contribution in [3.8, 4) is 0 Å². The number of nitrogens with one attached hydrogen (secondary N) is 1.